The SMILES string of the molecule is CCC[C@H](N)C(=O)Nc1cc(OC)c(C(=O)O)cc1Cl. The largest absolute Gasteiger partial charge is 0.496 e. The van der Waals surface area contributed by atoms with E-state index in [0.717, 1.165) is 6.42 Å². The third-order valence-corrected chi connectivity index (χ3v) is 3.03. The molecule has 0 heterocycles. The van der Waals surface area contributed by atoms with Crippen molar-refractivity contribution < 1.29 is 19.4 Å². The maximum Gasteiger partial charge on any atom is 0.339 e. The average molecular weight is 301 g/mol. The molecule has 0 radical (unpaired) electrons. The number of nitrogens with two attached hydrogens (primary N) is 1. The number of carboxylic acid groups (broad SMARTS) is 1. The Bertz CT molecular complexity index is 519. The van der Waals surface area contributed by atoms with Crippen LogP contribution in [0.3, 0.4) is 0 Å². The van der Waals surface area contributed by atoms with Crippen LogP contribution in [0.2, 0.25) is 5.02 Å². The molecule has 1 atom stereocenters. The first-order chi connectivity index (χ1) is 9.40. The molecule has 1 rings (SSSR count). The summed E-state index contributed by atoms with van der Waals surface area (Å²) in [5.41, 5.74) is 5.89. The molecule has 1 aromatic rings. The molecular weight excluding hydrogens is 284 g/mol. The predicted molar refractivity (Wildman–Crippen MR) is 76.5 cm³/mol. The van der Waals surface area contributed by atoms with Gasteiger partial charge in [-0.2, -0.15) is 0 Å². The highest BCUT2D eigenvalue weighted by Crippen LogP contribution is 2.31. The van der Waals surface area contributed by atoms with Gasteiger partial charge in [0.15, 0.2) is 0 Å². The van der Waals surface area contributed by atoms with Crippen molar-refractivity contribution in [3.05, 3.63) is 22.7 Å². The van der Waals surface area contributed by atoms with E-state index >= 15 is 0 Å². The van der Waals surface area contributed by atoms with E-state index in [1.165, 1.54) is 19.2 Å². The van der Waals surface area contributed by atoms with Crippen LogP contribution in [0.4, 0.5) is 5.69 Å². The zero-order valence-electron chi connectivity index (χ0n) is 11.3. The minimum absolute atomic E-state index is 0.0756. The van der Waals surface area contributed by atoms with Crippen LogP contribution in [0.15, 0.2) is 12.1 Å². The lowest BCUT2D eigenvalue weighted by atomic mass is 10.1. The Hall–Kier alpha value is -1.79. The zero-order valence-corrected chi connectivity index (χ0v) is 12.0. The van der Waals surface area contributed by atoms with Crippen LogP contribution in [-0.2, 0) is 4.79 Å². The van der Waals surface area contributed by atoms with Crippen LogP contribution in [0.25, 0.3) is 0 Å². The lowest BCUT2D eigenvalue weighted by Crippen LogP contribution is -2.35. The molecule has 110 valence electrons. The van der Waals surface area contributed by atoms with Gasteiger partial charge in [-0.3, -0.25) is 4.79 Å². The molecule has 4 N–H and O–H groups in total. The average Bonchev–Trinajstić information content (AvgIpc) is 2.40. The predicted octanol–water partition coefficient (Wildman–Crippen LogP) is 2.11. The standard InChI is InChI=1S/C13H17ClN2O4/c1-3-4-9(15)12(17)16-10-6-11(20-2)7(13(18)19)5-8(10)14/h5-6,9H,3-4,15H2,1-2H3,(H,16,17)(H,18,19)/t9-/m0/s1. The molecule has 0 bridgehead atoms. The van der Waals surface area contributed by atoms with E-state index in [2.05, 4.69) is 5.32 Å². The van der Waals surface area contributed by atoms with Gasteiger partial charge in [0.1, 0.15) is 11.3 Å². The monoisotopic (exact) mass is 300 g/mol. The Morgan fingerprint density at radius 3 is 2.65 bits per heavy atom. The summed E-state index contributed by atoms with van der Waals surface area (Å²) in [7, 11) is 1.34. The van der Waals surface area contributed by atoms with Crippen molar-refractivity contribution in [3.63, 3.8) is 0 Å². The second kappa shape index (κ2) is 7.12. The Morgan fingerprint density at radius 1 is 1.50 bits per heavy atom. The van der Waals surface area contributed by atoms with E-state index in [1.807, 2.05) is 6.92 Å². The topological polar surface area (TPSA) is 102 Å². The van der Waals surface area contributed by atoms with Gasteiger partial charge in [-0.1, -0.05) is 24.9 Å². The van der Waals surface area contributed by atoms with Gasteiger partial charge in [0, 0.05) is 6.07 Å². The lowest BCUT2D eigenvalue weighted by Gasteiger charge is -2.14. The fraction of sp³-hybridized carbons (Fsp3) is 0.385. The highest BCUT2D eigenvalue weighted by Gasteiger charge is 2.18. The summed E-state index contributed by atoms with van der Waals surface area (Å²) in [6, 6.07) is 1.95. The summed E-state index contributed by atoms with van der Waals surface area (Å²) in [6.45, 7) is 1.92. The zero-order chi connectivity index (χ0) is 15.3. The Labute approximate surface area is 121 Å². The normalized spacial score (nSPS) is 11.8. The van der Waals surface area contributed by atoms with Crippen molar-refractivity contribution in [1.82, 2.24) is 0 Å². The minimum Gasteiger partial charge on any atom is -0.496 e. The molecule has 0 aliphatic rings. The molecule has 0 aliphatic carbocycles. The maximum atomic E-state index is 11.8. The molecule has 1 aromatic carbocycles. The number of carboxylic acids is 1. The number of nitrogens with one attached hydrogen (secondary N) is 1. The fourth-order valence-electron chi connectivity index (χ4n) is 1.65. The van der Waals surface area contributed by atoms with Gasteiger partial charge in [0.25, 0.3) is 0 Å². The van der Waals surface area contributed by atoms with Gasteiger partial charge >= 0.3 is 5.97 Å². The molecular formula is C13H17ClN2O4. The van der Waals surface area contributed by atoms with Gasteiger partial charge in [0.05, 0.1) is 23.9 Å². The molecule has 0 saturated heterocycles. The summed E-state index contributed by atoms with van der Waals surface area (Å²) in [4.78, 5) is 22.8. The van der Waals surface area contributed by atoms with Crippen LogP contribution in [0.1, 0.15) is 30.1 Å². The van der Waals surface area contributed by atoms with Crippen molar-refractivity contribution in [2.45, 2.75) is 25.8 Å². The highest BCUT2D eigenvalue weighted by molar-refractivity contribution is 6.34. The molecule has 0 saturated carbocycles. The molecule has 0 spiro atoms. The number of carbonyl (C=O) groups is 2. The number of anilines is 1. The van der Waals surface area contributed by atoms with Gasteiger partial charge in [0.2, 0.25) is 5.91 Å². The number of halogens is 1. The number of methoxy groups -OCH3 is 1. The van der Waals surface area contributed by atoms with Crippen LogP contribution >= 0.6 is 11.6 Å². The fourth-order valence-corrected chi connectivity index (χ4v) is 1.86. The van der Waals surface area contributed by atoms with Gasteiger partial charge in [-0.05, 0) is 12.5 Å². The van der Waals surface area contributed by atoms with Gasteiger partial charge < -0.3 is 20.9 Å². The van der Waals surface area contributed by atoms with Gasteiger partial charge in [-0.25, -0.2) is 4.79 Å². The number of ether oxygens (including phenoxy) is 1. The molecule has 0 unspecified atom stereocenters. The number of hydrogen-bond acceptors (Lipinski definition) is 4. The summed E-state index contributed by atoms with van der Waals surface area (Å²) >= 11 is 5.95. The minimum atomic E-state index is -1.16. The number of carbonyl (C=O) groups excluding carboxylic acids is 1. The number of aromatic carboxylic acids is 1. The van der Waals surface area contributed by atoms with Crippen LogP contribution in [0.5, 0.6) is 5.75 Å². The molecule has 0 aromatic heterocycles. The smallest absolute Gasteiger partial charge is 0.339 e. The summed E-state index contributed by atoms with van der Waals surface area (Å²) in [5.74, 6) is -1.43. The Kier molecular flexibility index (Phi) is 5.79. The second-order valence-electron chi connectivity index (χ2n) is 4.22. The van der Waals surface area contributed by atoms with Crippen LogP contribution in [0, 0.1) is 0 Å². The Balaban J connectivity index is 3.02. The number of benzene rings is 1. The molecule has 0 aliphatic heterocycles. The first-order valence-electron chi connectivity index (χ1n) is 6.08. The van der Waals surface area contributed by atoms with Gasteiger partial charge in [-0.15, -0.1) is 0 Å². The highest BCUT2D eigenvalue weighted by atomic mass is 35.5. The number of rotatable bonds is 6. The van der Waals surface area contributed by atoms with E-state index in [1.54, 1.807) is 0 Å². The van der Waals surface area contributed by atoms with E-state index in [-0.39, 0.29) is 27.9 Å². The van der Waals surface area contributed by atoms with E-state index in [9.17, 15) is 9.59 Å². The summed E-state index contributed by atoms with van der Waals surface area (Å²) < 4.78 is 4.97. The third-order valence-electron chi connectivity index (χ3n) is 2.71. The summed E-state index contributed by atoms with van der Waals surface area (Å²) in [6.07, 6.45) is 1.33. The molecule has 0 fully saturated rings. The van der Waals surface area contributed by atoms with Crippen molar-refractivity contribution in [2.75, 3.05) is 12.4 Å². The number of amides is 1. The van der Waals surface area contributed by atoms with E-state index in [4.69, 9.17) is 27.2 Å². The number of hydrogen-bond donors (Lipinski definition) is 3. The molecule has 20 heavy (non-hydrogen) atoms. The molecule has 7 heteroatoms. The molecule has 1 amide bonds. The first-order valence-corrected chi connectivity index (χ1v) is 6.45. The third kappa shape index (κ3) is 3.85. The molecule has 6 nitrogen and oxygen atoms in total. The second-order valence-corrected chi connectivity index (χ2v) is 4.63. The van der Waals surface area contributed by atoms with E-state index in [0.29, 0.717) is 6.42 Å². The lowest BCUT2D eigenvalue weighted by molar-refractivity contribution is -0.117. The van der Waals surface area contributed by atoms with Crippen LogP contribution in [-0.4, -0.2) is 30.1 Å². The summed E-state index contributed by atoms with van der Waals surface area (Å²) in [5, 5.41) is 11.7. The Morgan fingerprint density at radius 2 is 2.15 bits per heavy atom. The maximum absolute atomic E-state index is 11.8. The van der Waals surface area contributed by atoms with E-state index < -0.39 is 12.0 Å². The van der Waals surface area contributed by atoms with Crippen molar-refractivity contribution >= 4 is 29.2 Å². The van der Waals surface area contributed by atoms with Crippen LogP contribution < -0.4 is 15.8 Å². The van der Waals surface area contributed by atoms with Crippen molar-refractivity contribution in [2.24, 2.45) is 5.73 Å². The van der Waals surface area contributed by atoms with Crippen molar-refractivity contribution in [1.29, 1.82) is 0 Å². The first kappa shape index (κ1) is 16.3. The van der Waals surface area contributed by atoms with Crippen molar-refractivity contribution in [3.8, 4) is 5.75 Å². The quantitative estimate of drug-likeness (QED) is 0.747.